The highest BCUT2D eigenvalue weighted by molar-refractivity contribution is 4.94. The highest BCUT2D eigenvalue weighted by Crippen LogP contribution is 2.40. The molecular formula is C14H25NO. The van der Waals surface area contributed by atoms with E-state index in [1.165, 1.54) is 45.2 Å². The summed E-state index contributed by atoms with van der Waals surface area (Å²) >= 11 is 0. The van der Waals surface area contributed by atoms with E-state index in [-0.39, 0.29) is 5.60 Å². The van der Waals surface area contributed by atoms with E-state index in [9.17, 15) is 0 Å². The fourth-order valence-electron chi connectivity index (χ4n) is 4.08. The summed E-state index contributed by atoms with van der Waals surface area (Å²) in [5.74, 6) is 2.07. The normalized spacial score (nSPS) is 43.5. The van der Waals surface area contributed by atoms with Crippen LogP contribution in [0, 0.1) is 11.8 Å². The van der Waals surface area contributed by atoms with Crippen molar-refractivity contribution < 1.29 is 4.74 Å². The lowest BCUT2D eigenvalue weighted by Gasteiger charge is -2.40. The smallest absolute Gasteiger partial charge is 0.0641 e. The summed E-state index contributed by atoms with van der Waals surface area (Å²) in [6.07, 6.45) is 6.96. The zero-order valence-corrected chi connectivity index (χ0v) is 10.7. The molecule has 1 aliphatic carbocycles. The lowest BCUT2D eigenvalue weighted by atomic mass is 9.93. The highest BCUT2D eigenvalue weighted by atomic mass is 16.5. The molecule has 92 valence electrons. The molecule has 0 aromatic rings. The summed E-state index contributed by atoms with van der Waals surface area (Å²) < 4.78 is 5.82. The average molecular weight is 223 g/mol. The van der Waals surface area contributed by atoms with Crippen LogP contribution < -0.4 is 0 Å². The van der Waals surface area contributed by atoms with Crippen molar-refractivity contribution in [1.82, 2.24) is 4.90 Å². The van der Waals surface area contributed by atoms with E-state index in [2.05, 4.69) is 18.7 Å². The molecule has 2 saturated heterocycles. The first kappa shape index (κ1) is 11.0. The van der Waals surface area contributed by atoms with Crippen LogP contribution in [-0.2, 0) is 4.74 Å². The highest BCUT2D eigenvalue weighted by Gasteiger charge is 2.41. The molecule has 2 heteroatoms. The van der Waals surface area contributed by atoms with E-state index in [0.29, 0.717) is 0 Å². The molecule has 3 fully saturated rings. The number of hydrogen-bond acceptors (Lipinski definition) is 2. The summed E-state index contributed by atoms with van der Waals surface area (Å²) in [7, 11) is 0. The van der Waals surface area contributed by atoms with Crippen LogP contribution in [0.25, 0.3) is 0 Å². The standard InChI is InChI=1S/C14H25NO/c1-14(2)8-13(6-7-16-14)15-9-11-4-3-5-12(11)10-15/h11-13H,3-10H2,1-2H3. The second-order valence-corrected chi connectivity index (χ2v) is 6.66. The first-order valence-corrected chi connectivity index (χ1v) is 7.02. The third-order valence-corrected chi connectivity index (χ3v) is 4.94. The summed E-state index contributed by atoms with van der Waals surface area (Å²) in [5.41, 5.74) is 0.112. The molecule has 0 aromatic carbocycles. The molecule has 3 aliphatic rings. The van der Waals surface area contributed by atoms with Gasteiger partial charge in [0.2, 0.25) is 0 Å². The van der Waals surface area contributed by atoms with Crippen LogP contribution in [0.3, 0.4) is 0 Å². The van der Waals surface area contributed by atoms with Gasteiger partial charge < -0.3 is 4.74 Å². The van der Waals surface area contributed by atoms with Crippen LogP contribution in [0.1, 0.15) is 46.0 Å². The molecule has 0 amide bonds. The molecule has 3 atom stereocenters. The third-order valence-electron chi connectivity index (χ3n) is 4.94. The van der Waals surface area contributed by atoms with Crippen molar-refractivity contribution in [2.75, 3.05) is 19.7 Å². The van der Waals surface area contributed by atoms with Gasteiger partial charge in [0.1, 0.15) is 0 Å². The van der Waals surface area contributed by atoms with Gasteiger partial charge in [-0.1, -0.05) is 6.42 Å². The van der Waals surface area contributed by atoms with E-state index >= 15 is 0 Å². The number of ether oxygens (including phenoxy) is 1. The number of nitrogens with zero attached hydrogens (tertiary/aromatic N) is 1. The maximum Gasteiger partial charge on any atom is 0.0641 e. The van der Waals surface area contributed by atoms with Gasteiger partial charge in [-0.05, 0) is 51.4 Å². The summed E-state index contributed by atoms with van der Waals surface area (Å²) in [6.45, 7) is 8.21. The molecule has 2 heterocycles. The van der Waals surface area contributed by atoms with Gasteiger partial charge in [0.15, 0.2) is 0 Å². The molecular weight excluding hydrogens is 198 g/mol. The zero-order chi connectivity index (χ0) is 11.2. The Morgan fingerprint density at radius 1 is 1.06 bits per heavy atom. The molecule has 0 radical (unpaired) electrons. The molecule has 2 nitrogen and oxygen atoms in total. The van der Waals surface area contributed by atoms with Gasteiger partial charge in [0, 0.05) is 25.7 Å². The third kappa shape index (κ3) is 2.02. The van der Waals surface area contributed by atoms with E-state index < -0.39 is 0 Å². The minimum absolute atomic E-state index is 0.112. The Kier molecular flexibility index (Phi) is 2.75. The molecule has 0 N–H and O–H groups in total. The SMILES string of the molecule is CC1(C)CC(N2CC3CCCC3C2)CCO1. The van der Waals surface area contributed by atoms with Crippen LogP contribution in [0.5, 0.6) is 0 Å². The molecule has 3 unspecified atom stereocenters. The number of fused-ring (bicyclic) bond motifs is 1. The Balaban J connectivity index is 1.62. The Bertz CT molecular complexity index is 251. The van der Waals surface area contributed by atoms with E-state index in [1.807, 2.05) is 0 Å². The number of likely N-dealkylation sites (tertiary alicyclic amines) is 1. The van der Waals surface area contributed by atoms with Gasteiger partial charge >= 0.3 is 0 Å². The second kappa shape index (κ2) is 3.99. The van der Waals surface area contributed by atoms with Gasteiger partial charge in [-0.25, -0.2) is 0 Å². The summed E-state index contributed by atoms with van der Waals surface area (Å²) in [5, 5.41) is 0. The van der Waals surface area contributed by atoms with Gasteiger partial charge in [-0.15, -0.1) is 0 Å². The first-order valence-electron chi connectivity index (χ1n) is 7.02. The fourth-order valence-corrected chi connectivity index (χ4v) is 4.08. The van der Waals surface area contributed by atoms with Crippen molar-refractivity contribution in [2.45, 2.75) is 57.6 Å². The van der Waals surface area contributed by atoms with Crippen LogP contribution >= 0.6 is 0 Å². The first-order chi connectivity index (χ1) is 7.64. The van der Waals surface area contributed by atoms with E-state index in [1.54, 1.807) is 0 Å². The average Bonchev–Trinajstić information content (AvgIpc) is 2.74. The molecule has 0 spiro atoms. The Labute approximate surface area is 99.3 Å². The van der Waals surface area contributed by atoms with Gasteiger partial charge in [-0.2, -0.15) is 0 Å². The van der Waals surface area contributed by atoms with Crippen molar-refractivity contribution in [2.24, 2.45) is 11.8 Å². The molecule has 1 saturated carbocycles. The van der Waals surface area contributed by atoms with Crippen molar-refractivity contribution in [3.05, 3.63) is 0 Å². The maximum absolute atomic E-state index is 5.82. The predicted molar refractivity (Wildman–Crippen MR) is 65.5 cm³/mol. The Morgan fingerprint density at radius 3 is 2.38 bits per heavy atom. The molecule has 2 aliphatic heterocycles. The number of hydrogen-bond donors (Lipinski definition) is 0. The maximum atomic E-state index is 5.82. The minimum atomic E-state index is 0.112. The van der Waals surface area contributed by atoms with Crippen molar-refractivity contribution in [3.8, 4) is 0 Å². The van der Waals surface area contributed by atoms with Crippen LogP contribution in [-0.4, -0.2) is 36.2 Å². The molecule has 0 aromatic heterocycles. The second-order valence-electron chi connectivity index (χ2n) is 6.66. The number of rotatable bonds is 1. The van der Waals surface area contributed by atoms with E-state index in [0.717, 1.165) is 24.5 Å². The van der Waals surface area contributed by atoms with Gasteiger partial charge in [0.05, 0.1) is 5.60 Å². The molecule has 0 bridgehead atoms. The van der Waals surface area contributed by atoms with Crippen LogP contribution in [0.2, 0.25) is 0 Å². The minimum Gasteiger partial charge on any atom is -0.375 e. The zero-order valence-electron chi connectivity index (χ0n) is 10.7. The topological polar surface area (TPSA) is 12.5 Å². The molecule has 16 heavy (non-hydrogen) atoms. The van der Waals surface area contributed by atoms with Crippen LogP contribution in [0.15, 0.2) is 0 Å². The molecule has 3 rings (SSSR count). The lowest BCUT2D eigenvalue weighted by Crippen LogP contribution is -2.45. The lowest BCUT2D eigenvalue weighted by molar-refractivity contribution is -0.0811. The van der Waals surface area contributed by atoms with Crippen molar-refractivity contribution >= 4 is 0 Å². The largest absolute Gasteiger partial charge is 0.375 e. The Hall–Kier alpha value is -0.0800. The quantitative estimate of drug-likeness (QED) is 0.677. The predicted octanol–water partition coefficient (Wildman–Crippen LogP) is 2.68. The van der Waals surface area contributed by atoms with Crippen LogP contribution in [0.4, 0.5) is 0 Å². The summed E-state index contributed by atoms with van der Waals surface area (Å²) in [6, 6.07) is 0.800. The van der Waals surface area contributed by atoms with E-state index in [4.69, 9.17) is 4.74 Å². The summed E-state index contributed by atoms with van der Waals surface area (Å²) in [4.78, 5) is 2.78. The van der Waals surface area contributed by atoms with Crippen molar-refractivity contribution in [3.63, 3.8) is 0 Å². The fraction of sp³-hybridized carbons (Fsp3) is 1.00. The van der Waals surface area contributed by atoms with Gasteiger partial charge in [0.25, 0.3) is 0 Å². The monoisotopic (exact) mass is 223 g/mol. The van der Waals surface area contributed by atoms with Gasteiger partial charge in [-0.3, -0.25) is 4.90 Å². The van der Waals surface area contributed by atoms with Crippen molar-refractivity contribution in [1.29, 1.82) is 0 Å². The Morgan fingerprint density at radius 2 is 1.75 bits per heavy atom.